The highest BCUT2D eigenvalue weighted by Crippen LogP contribution is 2.57. The number of hydrogen-bond acceptors (Lipinski definition) is 2. The van der Waals surface area contributed by atoms with Crippen molar-refractivity contribution in [3.05, 3.63) is 0 Å². The molecule has 0 heterocycles. The second-order valence-corrected chi connectivity index (χ2v) is 6.96. The van der Waals surface area contributed by atoms with Crippen LogP contribution in [0.4, 0.5) is 0 Å². The number of aliphatic imine (C=N–C) groups is 1. The number of ether oxygens (including phenoxy) is 1. The van der Waals surface area contributed by atoms with Gasteiger partial charge in [-0.3, -0.25) is 4.99 Å². The highest BCUT2D eigenvalue weighted by Gasteiger charge is 2.59. The summed E-state index contributed by atoms with van der Waals surface area (Å²) in [4.78, 5) is 4.76. The maximum absolute atomic E-state index is 5.93. The summed E-state index contributed by atoms with van der Waals surface area (Å²) in [5.74, 6) is 1.98. The zero-order valence-corrected chi connectivity index (χ0v) is 16.4. The summed E-state index contributed by atoms with van der Waals surface area (Å²) in [7, 11) is 0. The Labute approximate surface area is 152 Å². The Bertz CT molecular complexity index is 380. The first-order valence-electron chi connectivity index (χ1n) is 8.95. The van der Waals surface area contributed by atoms with Gasteiger partial charge in [0, 0.05) is 31.2 Å². The van der Waals surface area contributed by atoms with Crippen molar-refractivity contribution in [1.82, 2.24) is 10.6 Å². The lowest BCUT2D eigenvalue weighted by Gasteiger charge is -2.61. The molecule has 22 heavy (non-hydrogen) atoms. The summed E-state index contributed by atoms with van der Waals surface area (Å²) in [6.45, 7) is 6.99. The van der Waals surface area contributed by atoms with Gasteiger partial charge in [-0.2, -0.15) is 0 Å². The Hall–Kier alpha value is -0.0400. The van der Waals surface area contributed by atoms with Gasteiger partial charge in [-0.25, -0.2) is 0 Å². The van der Waals surface area contributed by atoms with E-state index in [9.17, 15) is 0 Å². The van der Waals surface area contributed by atoms with Crippen molar-refractivity contribution >= 4 is 29.9 Å². The highest BCUT2D eigenvalue weighted by molar-refractivity contribution is 14.0. The van der Waals surface area contributed by atoms with Crippen LogP contribution in [0.2, 0.25) is 0 Å². The molecular weight excluding hydrogens is 389 g/mol. The van der Waals surface area contributed by atoms with Gasteiger partial charge in [0.05, 0.1) is 6.10 Å². The van der Waals surface area contributed by atoms with Crippen LogP contribution in [0.3, 0.4) is 0 Å². The van der Waals surface area contributed by atoms with Gasteiger partial charge in [-0.1, -0.05) is 19.3 Å². The normalized spacial score (nSPS) is 29.3. The van der Waals surface area contributed by atoms with Gasteiger partial charge >= 0.3 is 0 Å². The lowest BCUT2D eigenvalue weighted by atomic mass is 9.51. The lowest BCUT2D eigenvalue weighted by Crippen LogP contribution is -2.68. The van der Waals surface area contributed by atoms with E-state index in [1.54, 1.807) is 0 Å². The SMILES string of the molecule is CCNC(=NCCC1CC1)NC1CC(OCC)C12CCC2.I. The van der Waals surface area contributed by atoms with E-state index in [2.05, 4.69) is 24.5 Å². The van der Waals surface area contributed by atoms with E-state index in [4.69, 9.17) is 9.73 Å². The van der Waals surface area contributed by atoms with Gasteiger partial charge in [-0.15, -0.1) is 24.0 Å². The third-order valence-corrected chi connectivity index (χ3v) is 5.60. The van der Waals surface area contributed by atoms with Crippen LogP contribution in [0.25, 0.3) is 0 Å². The minimum absolute atomic E-state index is 0. The average molecular weight is 421 g/mol. The first kappa shape index (κ1) is 18.3. The molecule has 2 unspecified atom stereocenters. The second kappa shape index (κ2) is 8.18. The van der Waals surface area contributed by atoms with Crippen molar-refractivity contribution in [2.45, 2.75) is 70.9 Å². The number of nitrogens with one attached hydrogen (secondary N) is 2. The predicted molar refractivity (Wildman–Crippen MR) is 102 cm³/mol. The molecule has 3 aliphatic rings. The fraction of sp³-hybridized carbons (Fsp3) is 0.941. The van der Waals surface area contributed by atoms with Crippen LogP contribution < -0.4 is 10.6 Å². The molecule has 0 bridgehead atoms. The molecule has 0 aromatic rings. The Morgan fingerprint density at radius 1 is 1.27 bits per heavy atom. The van der Waals surface area contributed by atoms with Crippen LogP contribution in [0.1, 0.15) is 58.8 Å². The third kappa shape index (κ3) is 3.89. The van der Waals surface area contributed by atoms with Crippen molar-refractivity contribution in [3.63, 3.8) is 0 Å². The van der Waals surface area contributed by atoms with Gasteiger partial charge in [0.15, 0.2) is 5.96 Å². The fourth-order valence-corrected chi connectivity index (χ4v) is 3.89. The summed E-state index contributed by atoms with van der Waals surface area (Å²) >= 11 is 0. The van der Waals surface area contributed by atoms with Crippen molar-refractivity contribution in [2.75, 3.05) is 19.7 Å². The standard InChI is InChI=1S/C17H31N3O.HI/c1-3-18-16(19-11-8-13-6-7-13)20-14-12-15(21-4-2)17(14)9-5-10-17;/h13-15H,3-12H2,1-2H3,(H2,18,19,20);1H. The molecule has 128 valence electrons. The Morgan fingerprint density at radius 3 is 2.59 bits per heavy atom. The minimum atomic E-state index is 0. The Morgan fingerprint density at radius 2 is 2.05 bits per heavy atom. The Kier molecular flexibility index (Phi) is 6.80. The number of guanidine groups is 1. The van der Waals surface area contributed by atoms with Gasteiger partial charge in [0.2, 0.25) is 0 Å². The molecule has 0 aromatic carbocycles. The second-order valence-electron chi connectivity index (χ2n) is 6.96. The van der Waals surface area contributed by atoms with Crippen molar-refractivity contribution in [2.24, 2.45) is 16.3 Å². The maximum atomic E-state index is 5.93. The maximum Gasteiger partial charge on any atom is 0.191 e. The molecule has 0 radical (unpaired) electrons. The van der Waals surface area contributed by atoms with E-state index in [-0.39, 0.29) is 24.0 Å². The number of hydrogen-bond donors (Lipinski definition) is 2. The van der Waals surface area contributed by atoms with Crippen LogP contribution in [0.5, 0.6) is 0 Å². The molecule has 4 nitrogen and oxygen atoms in total. The van der Waals surface area contributed by atoms with E-state index < -0.39 is 0 Å². The number of halogens is 1. The molecule has 3 rings (SSSR count). The van der Waals surface area contributed by atoms with Crippen LogP contribution in [-0.4, -0.2) is 37.8 Å². The van der Waals surface area contributed by atoms with Gasteiger partial charge in [-0.05, 0) is 45.4 Å². The fourth-order valence-electron chi connectivity index (χ4n) is 3.89. The number of nitrogens with zero attached hydrogens (tertiary/aromatic N) is 1. The molecule has 0 aromatic heterocycles. The van der Waals surface area contributed by atoms with Crippen molar-refractivity contribution < 1.29 is 4.74 Å². The summed E-state index contributed by atoms with van der Waals surface area (Å²) in [5, 5.41) is 7.10. The molecule has 0 amide bonds. The average Bonchev–Trinajstić information content (AvgIpc) is 3.19. The summed E-state index contributed by atoms with van der Waals surface area (Å²) in [5.41, 5.74) is 0.405. The smallest absolute Gasteiger partial charge is 0.191 e. The van der Waals surface area contributed by atoms with Crippen LogP contribution in [0.15, 0.2) is 4.99 Å². The summed E-state index contributed by atoms with van der Waals surface area (Å²) < 4.78 is 5.93. The molecule has 0 saturated heterocycles. The van der Waals surface area contributed by atoms with E-state index >= 15 is 0 Å². The van der Waals surface area contributed by atoms with E-state index in [0.29, 0.717) is 17.6 Å². The molecule has 3 saturated carbocycles. The van der Waals surface area contributed by atoms with Gasteiger partial charge in [0.1, 0.15) is 0 Å². The quantitative estimate of drug-likeness (QED) is 0.377. The summed E-state index contributed by atoms with van der Waals surface area (Å²) in [6, 6.07) is 0.557. The molecule has 5 heteroatoms. The molecule has 0 aliphatic heterocycles. The van der Waals surface area contributed by atoms with E-state index in [1.807, 2.05) is 0 Å². The first-order valence-corrected chi connectivity index (χ1v) is 8.95. The monoisotopic (exact) mass is 421 g/mol. The third-order valence-electron chi connectivity index (χ3n) is 5.60. The summed E-state index contributed by atoms with van der Waals surface area (Å²) in [6.07, 6.45) is 9.70. The lowest BCUT2D eigenvalue weighted by molar-refractivity contribution is -0.168. The topological polar surface area (TPSA) is 45.7 Å². The van der Waals surface area contributed by atoms with Crippen molar-refractivity contribution in [1.29, 1.82) is 0 Å². The minimum Gasteiger partial charge on any atom is -0.378 e. The largest absolute Gasteiger partial charge is 0.378 e. The first-order chi connectivity index (χ1) is 10.3. The zero-order valence-electron chi connectivity index (χ0n) is 14.1. The highest BCUT2D eigenvalue weighted by atomic mass is 127. The van der Waals surface area contributed by atoms with Crippen LogP contribution in [0, 0.1) is 11.3 Å². The van der Waals surface area contributed by atoms with Gasteiger partial charge in [0.25, 0.3) is 0 Å². The molecule has 2 N–H and O–H groups in total. The van der Waals surface area contributed by atoms with E-state index in [0.717, 1.165) is 38.0 Å². The predicted octanol–water partition coefficient (Wildman–Crippen LogP) is 3.31. The van der Waals surface area contributed by atoms with Gasteiger partial charge < -0.3 is 15.4 Å². The Balaban J connectivity index is 0.00000176. The van der Waals surface area contributed by atoms with Crippen LogP contribution in [-0.2, 0) is 4.74 Å². The van der Waals surface area contributed by atoms with E-state index in [1.165, 1.54) is 38.5 Å². The van der Waals surface area contributed by atoms with Crippen molar-refractivity contribution in [3.8, 4) is 0 Å². The molecule has 3 aliphatic carbocycles. The van der Waals surface area contributed by atoms with Crippen LogP contribution >= 0.6 is 24.0 Å². The zero-order chi connectivity index (χ0) is 14.7. The number of rotatable bonds is 7. The molecule has 1 spiro atoms. The molecule has 3 fully saturated rings. The molecular formula is C17H32IN3O. The molecule has 2 atom stereocenters.